The van der Waals surface area contributed by atoms with E-state index >= 15 is 0 Å². The quantitative estimate of drug-likeness (QED) is 0.0201. The first-order valence-electron chi connectivity index (χ1n) is 24.0. The van der Waals surface area contributed by atoms with E-state index in [1.807, 2.05) is 0 Å². The third-order valence-electron chi connectivity index (χ3n) is 9.63. The number of carbonyl (C=O) groups is 3. The van der Waals surface area contributed by atoms with Gasteiger partial charge in [0.1, 0.15) is 13.2 Å². The summed E-state index contributed by atoms with van der Waals surface area (Å²) >= 11 is 0. The minimum atomic E-state index is -0.804. The average molecular weight is 831 g/mol. The van der Waals surface area contributed by atoms with E-state index in [4.69, 9.17) is 14.2 Å². The van der Waals surface area contributed by atoms with Crippen molar-refractivity contribution < 1.29 is 28.6 Å². The van der Waals surface area contributed by atoms with Crippen LogP contribution in [0.1, 0.15) is 194 Å². The third-order valence-corrected chi connectivity index (χ3v) is 9.63. The van der Waals surface area contributed by atoms with Gasteiger partial charge in [0.05, 0.1) is 0 Å². The summed E-state index contributed by atoms with van der Waals surface area (Å²) in [5, 5.41) is 0. The van der Waals surface area contributed by atoms with Crippen LogP contribution < -0.4 is 0 Å². The number of esters is 3. The van der Waals surface area contributed by atoms with Crippen molar-refractivity contribution in [3.05, 3.63) is 109 Å². The molecule has 338 valence electrons. The summed E-state index contributed by atoms with van der Waals surface area (Å²) < 4.78 is 16.7. The molecule has 0 aromatic rings. The molecular weight excluding hydrogens is 745 g/mol. The summed E-state index contributed by atoms with van der Waals surface area (Å²) in [6, 6.07) is 0. The molecule has 0 heterocycles. The Hall–Kier alpha value is -3.93. The van der Waals surface area contributed by atoms with Gasteiger partial charge in [-0.1, -0.05) is 194 Å². The van der Waals surface area contributed by atoms with E-state index in [0.717, 1.165) is 128 Å². The van der Waals surface area contributed by atoms with E-state index in [9.17, 15) is 14.4 Å². The van der Waals surface area contributed by atoms with Gasteiger partial charge in [-0.25, -0.2) is 0 Å². The Morgan fingerprint density at radius 3 is 1.12 bits per heavy atom. The van der Waals surface area contributed by atoms with Crippen molar-refractivity contribution in [3.63, 3.8) is 0 Å². The molecule has 0 fully saturated rings. The molecule has 0 radical (unpaired) electrons. The zero-order valence-corrected chi connectivity index (χ0v) is 38.4. The zero-order chi connectivity index (χ0) is 43.7. The molecule has 1 unspecified atom stereocenters. The molecule has 1 atom stereocenters. The van der Waals surface area contributed by atoms with Crippen LogP contribution in [0.5, 0.6) is 0 Å². The maximum Gasteiger partial charge on any atom is 0.306 e. The maximum atomic E-state index is 12.8. The van der Waals surface area contributed by atoms with Crippen LogP contribution in [-0.2, 0) is 28.6 Å². The molecule has 0 spiro atoms. The van der Waals surface area contributed by atoms with E-state index in [2.05, 4.69) is 130 Å². The van der Waals surface area contributed by atoms with Crippen molar-refractivity contribution in [3.8, 4) is 0 Å². The molecule has 0 aliphatic carbocycles. The van der Waals surface area contributed by atoms with Crippen molar-refractivity contribution in [2.75, 3.05) is 13.2 Å². The second-order valence-corrected chi connectivity index (χ2v) is 15.3. The lowest BCUT2D eigenvalue weighted by Crippen LogP contribution is -2.30. The molecular formula is C54H86O6. The van der Waals surface area contributed by atoms with Gasteiger partial charge < -0.3 is 14.2 Å². The topological polar surface area (TPSA) is 78.9 Å². The second-order valence-electron chi connectivity index (χ2n) is 15.3. The van der Waals surface area contributed by atoms with Crippen LogP contribution in [0.25, 0.3) is 0 Å². The number of rotatable bonds is 41. The molecule has 0 rings (SSSR count). The largest absolute Gasteiger partial charge is 0.462 e. The third kappa shape index (κ3) is 45.2. The van der Waals surface area contributed by atoms with Crippen LogP contribution >= 0.6 is 0 Å². The van der Waals surface area contributed by atoms with Crippen molar-refractivity contribution in [1.82, 2.24) is 0 Å². The fraction of sp³-hybridized carbons (Fsp3) is 0.611. The first kappa shape index (κ1) is 56.1. The van der Waals surface area contributed by atoms with Crippen molar-refractivity contribution >= 4 is 17.9 Å². The molecule has 0 saturated carbocycles. The Labute approximate surface area is 368 Å². The molecule has 0 aromatic carbocycles. The number of hydrogen-bond acceptors (Lipinski definition) is 6. The average Bonchev–Trinajstić information content (AvgIpc) is 3.24. The van der Waals surface area contributed by atoms with Gasteiger partial charge in [-0.15, -0.1) is 0 Å². The summed E-state index contributed by atoms with van der Waals surface area (Å²) in [5.74, 6) is -0.967. The monoisotopic (exact) mass is 831 g/mol. The first-order chi connectivity index (χ1) is 29.5. The lowest BCUT2D eigenvalue weighted by Gasteiger charge is -2.18. The highest BCUT2D eigenvalue weighted by atomic mass is 16.6. The lowest BCUT2D eigenvalue weighted by atomic mass is 10.1. The Kier molecular flexibility index (Phi) is 44.6. The number of allylic oxidation sites excluding steroid dienone is 18. The summed E-state index contributed by atoms with van der Waals surface area (Å²) in [6.45, 7) is 6.19. The van der Waals surface area contributed by atoms with Crippen LogP contribution in [0.3, 0.4) is 0 Å². The molecule has 6 nitrogen and oxygen atoms in total. The highest BCUT2D eigenvalue weighted by molar-refractivity contribution is 5.71. The van der Waals surface area contributed by atoms with Crippen molar-refractivity contribution in [2.45, 2.75) is 200 Å². The summed E-state index contributed by atoms with van der Waals surface area (Å²) in [6.07, 6.45) is 63.5. The van der Waals surface area contributed by atoms with Crippen LogP contribution in [0.4, 0.5) is 0 Å². The van der Waals surface area contributed by atoms with Gasteiger partial charge in [0.25, 0.3) is 0 Å². The fourth-order valence-electron chi connectivity index (χ4n) is 6.10. The van der Waals surface area contributed by atoms with Gasteiger partial charge in [0.15, 0.2) is 6.10 Å². The Balaban J connectivity index is 4.49. The smallest absolute Gasteiger partial charge is 0.306 e. The first-order valence-corrected chi connectivity index (χ1v) is 24.0. The van der Waals surface area contributed by atoms with Crippen LogP contribution in [0.15, 0.2) is 109 Å². The van der Waals surface area contributed by atoms with E-state index < -0.39 is 6.10 Å². The van der Waals surface area contributed by atoms with Gasteiger partial charge in [-0.05, 0) is 89.9 Å². The second kappa shape index (κ2) is 47.7. The SMILES string of the molecule is CC\C=C/C=C\C=C/CCCCCCCCCC(=O)OCC(COC(=O)CCCCCCC\C=C/C=C\C=C/CC)OC(=O)CCCCCC/C=C\C/C=C\C/C=C\CC. The summed E-state index contributed by atoms with van der Waals surface area (Å²) in [4.78, 5) is 37.9. The standard InChI is InChI=1S/C54H86O6/c1-4-7-10-13-16-19-22-25-27-30-32-35-38-41-44-47-53(56)59-50-51(49-58-52(55)46-43-40-37-34-31-28-24-21-18-15-12-9-6-3)60-54(57)48-45-42-39-36-33-29-26-23-20-17-14-11-8-5-2/h7-13,15-22,24,26,29,51H,4-6,14,23,25,27-28,30-50H2,1-3H3/b10-7-,11-8-,12-9-,16-13-,18-15-,20-17-,22-19-,24-21-,29-26-. The highest BCUT2D eigenvalue weighted by Gasteiger charge is 2.19. The van der Waals surface area contributed by atoms with Crippen molar-refractivity contribution in [2.24, 2.45) is 0 Å². The predicted octanol–water partition coefficient (Wildman–Crippen LogP) is 15.6. The number of hydrogen-bond donors (Lipinski definition) is 0. The van der Waals surface area contributed by atoms with Crippen LogP contribution in [-0.4, -0.2) is 37.2 Å². The zero-order valence-electron chi connectivity index (χ0n) is 38.4. The molecule has 0 amide bonds. The number of carbonyl (C=O) groups excluding carboxylic acids is 3. The highest BCUT2D eigenvalue weighted by Crippen LogP contribution is 2.13. The van der Waals surface area contributed by atoms with E-state index in [1.54, 1.807) is 0 Å². The number of ether oxygens (including phenoxy) is 3. The molecule has 0 aliphatic heterocycles. The van der Waals surface area contributed by atoms with E-state index in [1.165, 1.54) is 25.7 Å². The maximum absolute atomic E-state index is 12.8. The van der Waals surface area contributed by atoms with Gasteiger partial charge in [0, 0.05) is 19.3 Å². The molecule has 0 saturated heterocycles. The molecule has 0 aliphatic rings. The fourth-order valence-corrected chi connectivity index (χ4v) is 6.10. The van der Waals surface area contributed by atoms with Gasteiger partial charge in [-0.3, -0.25) is 14.4 Å². The normalized spacial score (nSPS) is 13.1. The van der Waals surface area contributed by atoms with Crippen LogP contribution in [0.2, 0.25) is 0 Å². The Morgan fingerprint density at radius 2 is 0.683 bits per heavy atom. The molecule has 0 bridgehead atoms. The molecule has 0 aromatic heterocycles. The van der Waals surface area contributed by atoms with Crippen LogP contribution in [0, 0.1) is 0 Å². The Morgan fingerprint density at radius 1 is 0.350 bits per heavy atom. The van der Waals surface area contributed by atoms with Gasteiger partial charge >= 0.3 is 17.9 Å². The van der Waals surface area contributed by atoms with Gasteiger partial charge in [-0.2, -0.15) is 0 Å². The van der Waals surface area contributed by atoms with E-state index in [0.29, 0.717) is 19.3 Å². The lowest BCUT2D eigenvalue weighted by molar-refractivity contribution is -0.167. The minimum Gasteiger partial charge on any atom is -0.462 e. The van der Waals surface area contributed by atoms with E-state index in [-0.39, 0.29) is 31.1 Å². The molecule has 0 N–H and O–H groups in total. The summed E-state index contributed by atoms with van der Waals surface area (Å²) in [7, 11) is 0. The summed E-state index contributed by atoms with van der Waals surface area (Å²) in [5.41, 5.74) is 0. The van der Waals surface area contributed by atoms with Crippen molar-refractivity contribution in [1.29, 1.82) is 0 Å². The molecule has 6 heteroatoms. The number of unbranched alkanes of at least 4 members (excludes halogenated alkanes) is 16. The predicted molar refractivity (Wildman–Crippen MR) is 256 cm³/mol. The van der Waals surface area contributed by atoms with Gasteiger partial charge in [0.2, 0.25) is 0 Å². The molecule has 60 heavy (non-hydrogen) atoms. The minimum absolute atomic E-state index is 0.103. The Bertz CT molecular complexity index is 1280.